The van der Waals surface area contributed by atoms with E-state index in [-0.39, 0.29) is 0 Å². The van der Waals surface area contributed by atoms with E-state index < -0.39 is 0 Å². The maximum Gasteiger partial charge on any atom is 0.250 e. The summed E-state index contributed by atoms with van der Waals surface area (Å²) in [6.45, 7) is 2.79. The molecule has 1 aromatic carbocycles. The van der Waals surface area contributed by atoms with Gasteiger partial charge in [0.05, 0.1) is 31.0 Å². The molecule has 1 saturated heterocycles. The molecule has 0 amide bonds. The van der Waals surface area contributed by atoms with E-state index >= 15 is 0 Å². The molecule has 0 unspecified atom stereocenters. The molecule has 1 fully saturated rings. The predicted molar refractivity (Wildman–Crippen MR) is 117 cm³/mol. The fourth-order valence-corrected chi connectivity index (χ4v) is 3.98. The largest absolute Gasteiger partial charge is 0.495 e. The van der Waals surface area contributed by atoms with Gasteiger partial charge in [0.15, 0.2) is 0 Å². The normalized spacial score (nSPS) is 14.4. The zero-order valence-electron chi connectivity index (χ0n) is 15.8. The summed E-state index contributed by atoms with van der Waals surface area (Å²) in [4.78, 5) is 17.3. The van der Waals surface area contributed by atoms with Gasteiger partial charge in [-0.1, -0.05) is 15.9 Å². The molecule has 11 heteroatoms. The summed E-state index contributed by atoms with van der Waals surface area (Å²) in [7, 11) is 5.38. The molecule has 0 atom stereocenters. The van der Waals surface area contributed by atoms with Crippen LogP contribution in [0.2, 0.25) is 0 Å². The van der Waals surface area contributed by atoms with E-state index in [0.717, 1.165) is 27.6 Å². The number of hydrogen-bond donors (Lipinski definition) is 1. The van der Waals surface area contributed by atoms with E-state index in [1.807, 2.05) is 31.1 Å². The van der Waals surface area contributed by atoms with Crippen molar-refractivity contribution in [1.82, 2.24) is 15.0 Å². The van der Waals surface area contributed by atoms with Gasteiger partial charge in [0.1, 0.15) is 5.75 Å². The van der Waals surface area contributed by atoms with Crippen LogP contribution in [0.3, 0.4) is 0 Å². The van der Waals surface area contributed by atoms with Crippen LogP contribution in [0.25, 0.3) is 0 Å². The van der Waals surface area contributed by atoms with Gasteiger partial charge in [-0.25, -0.2) is 5.43 Å². The highest BCUT2D eigenvalue weighted by atomic mass is 79.9. The molecule has 2 aromatic rings. The highest BCUT2D eigenvalue weighted by molar-refractivity contribution is 9.11. The molecule has 3 rings (SSSR count). The third-order valence-electron chi connectivity index (χ3n) is 3.92. The Kier molecular flexibility index (Phi) is 7.03. The van der Waals surface area contributed by atoms with E-state index in [4.69, 9.17) is 9.47 Å². The number of anilines is 3. The maximum absolute atomic E-state index is 5.43. The van der Waals surface area contributed by atoms with Crippen LogP contribution in [0, 0.1) is 0 Å². The number of aromatic nitrogens is 3. The van der Waals surface area contributed by atoms with Crippen molar-refractivity contribution in [2.45, 2.75) is 0 Å². The van der Waals surface area contributed by atoms with Gasteiger partial charge in [-0.3, -0.25) is 0 Å². The zero-order chi connectivity index (χ0) is 20.1. The summed E-state index contributed by atoms with van der Waals surface area (Å²) in [6.07, 6.45) is 1.65. The lowest BCUT2D eigenvalue weighted by atomic mass is 10.2. The molecule has 28 heavy (non-hydrogen) atoms. The topological polar surface area (TPSA) is 88.0 Å². The predicted octanol–water partition coefficient (Wildman–Crippen LogP) is 2.75. The van der Waals surface area contributed by atoms with Crippen LogP contribution in [0.15, 0.2) is 26.2 Å². The number of hydrogen-bond acceptors (Lipinski definition) is 9. The summed E-state index contributed by atoms with van der Waals surface area (Å²) in [6, 6.07) is 3.82. The van der Waals surface area contributed by atoms with Gasteiger partial charge < -0.3 is 19.3 Å². The highest BCUT2D eigenvalue weighted by Gasteiger charge is 2.17. The smallest absolute Gasteiger partial charge is 0.250 e. The van der Waals surface area contributed by atoms with Crippen LogP contribution in [-0.4, -0.2) is 68.7 Å². The molecule has 1 N–H and O–H groups in total. The van der Waals surface area contributed by atoms with Crippen molar-refractivity contribution in [2.24, 2.45) is 5.10 Å². The Morgan fingerprint density at radius 1 is 1.21 bits per heavy atom. The van der Waals surface area contributed by atoms with E-state index in [9.17, 15) is 0 Å². The number of nitrogens with zero attached hydrogens (tertiary/aromatic N) is 6. The first-order valence-electron chi connectivity index (χ1n) is 8.56. The van der Waals surface area contributed by atoms with E-state index in [0.29, 0.717) is 36.8 Å². The van der Waals surface area contributed by atoms with Crippen molar-refractivity contribution in [1.29, 1.82) is 0 Å². The molecule has 1 aliphatic heterocycles. The molecule has 150 valence electrons. The summed E-state index contributed by atoms with van der Waals surface area (Å²) in [5, 5.41) is 4.28. The molecule has 2 heterocycles. The summed E-state index contributed by atoms with van der Waals surface area (Å²) >= 11 is 6.95. The lowest BCUT2D eigenvalue weighted by molar-refractivity contribution is 0.122. The number of ether oxygens (including phenoxy) is 2. The fraction of sp³-hybridized carbons (Fsp3) is 0.412. The number of halogens is 2. The SMILES string of the molecule is COc1c(Br)cc(Br)cc1/C=N/Nc1nc(N(C)C)nc(N2CCOCC2)n1. The summed E-state index contributed by atoms with van der Waals surface area (Å²) in [5.74, 6) is 2.20. The first-order chi connectivity index (χ1) is 13.5. The van der Waals surface area contributed by atoms with E-state index in [1.165, 1.54) is 0 Å². The van der Waals surface area contributed by atoms with Crippen LogP contribution in [0.5, 0.6) is 5.75 Å². The molecular formula is C17H21Br2N7O2. The molecule has 9 nitrogen and oxygen atoms in total. The lowest BCUT2D eigenvalue weighted by Crippen LogP contribution is -2.37. The molecule has 0 aliphatic carbocycles. The number of morpholine rings is 1. The minimum absolute atomic E-state index is 0.365. The van der Waals surface area contributed by atoms with Gasteiger partial charge >= 0.3 is 0 Å². The van der Waals surface area contributed by atoms with Gasteiger partial charge in [-0.2, -0.15) is 20.1 Å². The standard InChI is InChI=1S/C17H21Br2N7O2/c1-25(2)16-21-15(22-17(23-16)26-4-6-28-7-5-26)24-20-10-11-8-12(18)9-13(19)14(11)27-3/h8-10H,4-7H2,1-3H3,(H,21,22,23,24)/b20-10+. The summed E-state index contributed by atoms with van der Waals surface area (Å²) in [5.41, 5.74) is 3.69. The van der Waals surface area contributed by atoms with Crippen molar-refractivity contribution < 1.29 is 9.47 Å². The lowest BCUT2D eigenvalue weighted by Gasteiger charge is -2.27. The van der Waals surface area contributed by atoms with Crippen molar-refractivity contribution in [2.75, 3.05) is 62.7 Å². The van der Waals surface area contributed by atoms with Crippen molar-refractivity contribution >= 4 is 55.9 Å². The van der Waals surface area contributed by atoms with Crippen molar-refractivity contribution in [3.63, 3.8) is 0 Å². The Morgan fingerprint density at radius 2 is 1.96 bits per heavy atom. The Morgan fingerprint density at radius 3 is 2.64 bits per heavy atom. The Hall–Kier alpha value is -1.98. The number of hydrazone groups is 1. The van der Waals surface area contributed by atoms with Crippen LogP contribution >= 0.6 is 31.9 Å². The fourth-order valence-electron chi connectivity index (χ4n) is 2.56. The van der Waals surface area contributed by atoms with E-state index in [1.54, 1.807) is 13.3 Å². The molecule has 0 spiro atoms. The summed E-state index contributed by atoms with van der Waals surface area (Å²) < 4.78 is 12.6. The molecule has 1 aromatic heterocycles. The van der Waals surface area contributed by atoms with Crippen molar-refractivity contribution in [3.05, 3.63) is 26.6 Å². The quantitative estimate of drug-likeness (QED) is 0.465. The Labute approximate surface area is 180 Å². The minimum atomic E-state index is 0.365. The van der Waals surface area contributed by atoms with E-state index in [2.05, 4.69) is 62.2 Å². The second-order valence-electron chi connectivity index (χ2n) is 6.13. The van der Waals surface area contributed by atoms with Gasteiger partial charge in [-0.05, 0) is 28.1 Å². The molecular weight excluding hydrogens is 494 g/mol. The van der Waals surface area contributed by atoms with Crippen molar-refractivity contribution in [3.8, 4) is 5.75 Å². The van der Waals surface area contributed by atoms with Crippen LogP contribution in [-0.2, 0) is 4.74 Å². The molecule has 0 saturated carbocycles. The number of nitrogens with one attached hydrogen (secondary N) is 1. The first-order valence-corrected chi connectivity index (χ1v) is 10.1. The average Bonchev–Trinajstić information content (AvgIpc) is 2.68. The third kappa shape index (κ3) is 5.09. The van der Waals surface area contributed by atoms with Crippen LogP contribution < -0.4 is 20.0 Å². The maximum atomic E-state index is 5.43. The van der Waals surface area contributed by atoms with Gasteiger partial charge in [0, 0.05) is 37.2 Å². The Bertz CT molecular complexity index is 858. The zero-order valence-corrected chi connectivity index (χ0v) is 19.0. The molecule has 1 aliphatic rings. The van der Waals surface area contributed by atoms with Crippen LogP contribution in [0.4, 0.5) is 17.8 Å². The highest BCUT2D eigenvalue weighted by Crippen LogP contribution is 2.31. The number of rotatable bonds is 6. The van der Waals surface area contributed by atoms with Gasteiger partial charge in [0.2, 0.25) is 17.8 Å². The number of benzene rings is 1. The molecule has 0 radical (unpaired) electrons. The minimum Gasteiger partial charge on any atom is -0.495 e. The Balaban J connectivity index is 1.84. The van der Waals surface area contributed by atoms with Gasteiger partial charge in [-0.15, -0.1) is 0 Å². The van der Waals surface area contributed by atoms with Gasteiger partial charge in [0.25, 0.3) is 0 Å². The first kappa shape index (κ1) is 20.7. The molecule has 0 bridgehead atoms. The number of methoxy groups -OCH3 is 1. The second-order valence-corrected chi connectivity index (χ2v) is 7.90. The monoisotopic (exact) mass is 513 g/mol. The third-order valence-corrected chi connectivity index (χ3v) is 4.96. The van der Waals surface area contributed by atoms with Crippen LogP contribution in [0.1, 0.15) is 5.56 Å². The second kappa shape index (κ2) is 9.48. The average molecular weight is 515 g/mol.